The van der Waals surface area contributed by atoms with Crippen LogP contribution in [0.25, 0.3) is 0 Å². The average Bonchev–Trinajstić information content (AvgIpc) is 2.47. The van der Waals surface area contributed by atoms with Crippen LogP contribution in [0.5, 0.6) is 5.75 Å². The molecule has 0 heterocycles. The second kappa shape index (κ2) is 6.31. The zero-order valence-electron chi connectivity index (χ0n) is 11.4. The molecule has 0 radical (unpaired) electrons. The molecule has 0 aliphatic carbocycles. The fraction of sp³-hybridized carbons (Fsp3) is 0.188. The van der Waals surface area contributed by atoms with Gasteiger partial charge in [0.1, 0.15) is 11.8 Å². The summed E-state index contributed by atoms with van der Waals surface area (Å²) in [6.07, 6.45) is 0. The fourth-order valence-corrected chi connectivity index (χ4v) is 2.06. The quantitative estimate of drug-likeness (QED) is 0.906. The third kappa shape index (κ3) is 3.23. The van der Waals surface area contributed by atoms with Crippen LogP contribution in [0.2, 0.25) is 5.02 Å². The summed E-state index contributed by atoms with van der Waals surface area (Å²) in [5.74, 6) is 0.717. The molecule has 0 bridgehead atoms. The van der Waals surface area contributed by atoms with Gasteiger partial charge in [-0.1, -0.05) is 23.7 Å². The largest absolute Gasteiger partial charge is 0.497 e. The Morgan fingerprint density at radius 2 is 1.90 bits per heavy atom. The van der Waals surface area contributed by atoms with E-state index in [1.54, 1.807) is 19.2 Å². The van der Waals surface area contributed by atoms with Gasteiger partial charge < -0.3 is 10.1 Å². The molecule has 4 heteroatoms. The highest BCUT2D eigenvalue weighted by Gasteiger charge is 2.09. The van der Waals surface area contributed by atoms with Crippen LogP contribution in [0.15, 0.2) is 42.5 Å². The Labute approximate surface area is 123 Å². The summed E-state index contributed by atoms with van der Waals surface area (Å²) in [5, 5.41) is 13.2. The molecule has 3 nitrogen and oxygen atoms in total. The SMILES string of the molecule is COc1ccc(C#N)c(NC(C)c2ccc(Cl)cc2)c1. The van der Waals surface area contributed by atoms with Gasteiger partial charge in [-0.3, -0.25) is 0 Å². The van der Waals surface area contributed by atoms with Crippen molar-refractivity contribution in [2.45, 2.75) is 13.0 Å². The van der Waals surface area contributed by atoms with Crippen LogP contribution in [0.4, 0.5) is 5.69 Å². The van der Waals surface area contributed by atoms with Crippen molar-refractivity contribution in [2.75, 3.05) is 12.4 Å². The molecule has 0 amide bonds. The number of anilines is 1. The van der Waals surface area contributed by atoms with Gasteiger partial charge in [-0.15, -0.1) is 0 Å². The Kier molecular flexibility index (Phi) is 4.49. The number of rotatable bonds is 4. The molecule has 0 fully saturated rings. The van der Waals surface area contributed by atoms with Gasteiger partial charge in [0.25, 0.3) is 0 Å². The normalized spacial score (nSPS) is 11.5. The maximum atomic E-state index is 9.15. The minimum absolute atomic E-state index is 0.0615. The van der Waals surface area contributed by atoms with Gasteiger partial charge in [0.15, 0.2) is 0 Å². The molecule has 1 atom stereocenters. The van der Waals surface area contributed by atoms with E-state index in [0.717, 1.165) is 17.0 Å². The molecule has 2 rings (SSSR count). The zero-order valence-corrected chi connectivity index (χ0v) is 12.1. The molecule has 0 saturated heterocycles. The molecular formula is C16H15ClN2O. The van der Waals surface area contributed by atoms with E-state index in [-0.39, 0.29) is 6.04 Å². The number of nitriles is 1. The van der Waals surface area contributed by atoms with Crippen LogP contribution in [0.1, 0.15) is 24.1 Å². The van der Waals surface area contributed by atoms with Crippen LogP contribution < -0.4 is 10.1 Å². The average molecular weight is 287 g/mol. The van der Waals surface area contributed by atoms with Crippen molar-refractivity contribution in [1.82, 2.24) is 0 Å². The molecule has 0 aliphatic rings. The van der Waals surface area contributed by atoms with Gasteiger partial charge >= 0.3 is 0 Å². The molecule has 1 unspecified atom stereocenters. The summed E-state index contributed by atoms with van der Waals surface area (Å²) in [6.45, 7) is 2.03. The van der Waals surface area contributed by atoms with E-state index >= 15 is 0 Å². The molecule has 2 aromatic rings. The van der Waals surface area contributed by atoms with Crippen LogP contribution in [0.3, 0.4) is 0 Å². The zero-order chi connectivity index (χ0) is 14.5. The number of hydrogen-bond donors (Lipinski definition) is 1. The Morgan fingerprint density at radius 1 is 1.20 bits per heavy atom. The van der Waals surface area contributed by atoms with Gasteiger partial charge in [0, 0.05) is 17.1 Å². The van der Waals surface area contributed by atoms with E-state index in [9.17, 15) is 0 Å². The number of ether oxygens (including phenoxy) is 1. The first kappa shape index (κ1) is 14.2. The third-order valence-corrected chi connectivity index (χ3v) is 3.34. The van der Waals surface area contributed by atoms with Crippen LogP contribution in [-0.4, -0.2) is 7.11 Å². The lowest BCUT2D eigenvalue weighted by atomic mass is 10.1. The van der Waals surface area contributed by atoms with Crippen molar-refractivity contribution >= 4 is 17.3 Å². The first-order valence-corrected chi connectivity index (χ1v) is 6.62. The minimum atomic E-state index is 0.0615. The van der Waals surface area contributed by atoms with Crippen molar-refractivity contribution in [3.8, 4) is 11.8 Å². The van der Waals surface area contributed by atoms with Gasteiger partial charge in [0.05, 0.1) is 18.4 Å². The first-order valence-electron chi connectivity index (χ1n) is 6.24. The maximum absolute atomic E-state index is 9.15. The van der Waals surface area contributed by atoms with Crippen LogP contribution >= 0.6 is 11.6 Å². The van der Waals surface area contributed by atoms with E-state index in [1.807, 2.05) is 37.3 Å². The smallest absolute Gasteiger partial charge is 0.121 e. The van der Waals surface area contributed by atoms with Crippen molar-refractivity contribution in [3.63, 3.8) is 0 Å². The molecule has 102 valence electrons. The minimum Gasteiger partial charge on any atom is -0.497 e. The molecule has 0 saturated carbocycles. The predicted octanol–water partition coefficient (Wildman–Crippen LogP) is 4.39. The summed E-state index contributed by atoms with van der Waals surface area (Å²) in [7, 11) is 1.60. The Hall–Kier alpha value is -2.18. The Bertz CT molecular complexity index is 632. The number of benzene rings is 2. The Balaban J connectivity index is 2.24. The van der Waals surface area contributed by atoms with Gasteiger partial charge in [-0.2, -0.15) is 5.26 Å². The molecule has 0 aliphatic heterocycles. The number of methoxy groups -OCH3 is 1. The van der Waals surface area contributed by atoms with Crippen LogP contribution in [0, 0.1) is 11.3 Å². The topological polar surface area (TPSA) is 45.0 Å². The van der Waals surface area contributed by atoms with Crippen molar-refractivity contribution in [2.24, 2.45) is 0 Å². The summed E-state index contributed by atoms with van der Waals surface area (Å²) < 4.78 is 5.19. The standard InChI is InChI=1S/C16H15ClN2O/c1-11(12-3-6-14(17)7-4-12)19-16-9-15(20-2)8-5-13(16)10-18/h3-9,11,19H,1-2H3. The summed E-state index contributed by atoms with van der Waals surface area (Å²) in [5.41, 5.74) is 2.45. The summed E-state index contributed by atoms with van der Waals surface area (Å²) >= 11 is 5.88. The van der Waals surface area contributed by atoms with E-state index in [1.165, 1.54) is 0 Å². The molecule has 0 spiro atoms. The molecule has 0 aromatic heterocycles. The summed E-state index contributed by atoms with van der Waals surface area (Å²) in [6, 6.07) is 15.2. The van der Waals surface area contributed by atoms with Gasteiger partial charge in [-0.25, -0.2) is 0 Å². The highest BCUT2D eigenvalue weighted by molar-refractivity contribution is 6.30. The summed E-state index contributed by atoms with van der Waals surface area (Å²) in [4.78, 5) is 0. The third-order valence-electron chi connectivity index (χ3n) is 3.09. The number of nitrogens with one attached hydrogen (secondary N) is 1. The van der Waals surface area contributed by atoms with Gasteiger partial charge in [-0.05, 0) is 36.8 Å². The molecule has 20 heavy (non-hydrogen) atoms. The lowest BCUT2D eigenvalue weighted by Gasteiger charge is -2.17. The molecular weight excluding hydrogens is 272 g/mol. The monoisotopic (exact) mass is 286 g/mol. The van der Waals surface area contributed by atoms with E-state index in [2.05, 4.69) is 11.4 Å². The van der Waals surface area contributed by atoms with Crippen molar-refractivity contribution < 1.29 is 4.74 Å². The lowest BCUT2D eigenvalue weighted by molar-refractivity contribution is 0.415. The fourth-order valence-electron chi connectivity index (χ4n) is 1.94. The van der Waals surface area contributed by atoms with E-state index in [4.69, 9.17) is 21.6 Å². The lowest BCUT2D eigenvalue weighted by Crippen LogP contribution is -2.07. The number of halogens is 1. The second-order valence-corrected chi connectivity index (χ2v) is 4.88. The Morgan fingerprint density at radius 3 is 2.50 bits per heavy atom. The van der Waals surface area contributed by atoms with E-state index < -0.39 is 0 Å². The highest BCUT2D eigenvalue weighted by Crippen LogP contribution is 2.26. The second-order valence-electron chi connectivity index (χ2n) is 4.44. The maximum Gasteiger partial charge on any atom is 0.121 e. The number of nitrogens with zero attached hydrogens (tertiary/aromatic N) is 1. The molecule has 1 N–H and O–H groups in total. The van der Waals surface area contributed by atoms with Crippen LogP contribution in [-0.2, 0) is 0 Å². The van der Waals surface area contributed by atoms with E-state index in [0.29, 0.717) is 10.6 Å². The van der Waals surface area contributed by atoms with Crippen molar-refractivity contribution in [1.29, 1.82) is 5.26 Å². The first-order chi connectivity index (χ1) is 9.63. The predicted molar refractivity (Wildman–Crippen MR) is 81.2 cm³/mol. The number of hydrogen-bond acceptors (Lipinski definition) is 3. The highest BCUT2D eigenvalue weighted by atomic mass is 35.5. The van der Waals surface area contributed by atoms with Crippen molar-refractivity contribution in [3.05, 3.63) is 58.6 Å². The van der Waals surface area contributed by atoms with Gasteiger partial charge in [0.2, 0.25) is 0 Å². The molecule has 2 aromatic carbocycles.